The van der Waals surface area contributed by atoms with Gasteiger partial charge in [0, 0.05) is 11.3 Å². The molecule has 0 spiro atoms. The molecule has 0 saturated heterocycles. The zero-order chi connectivity index (χ0) is 15.2. The average molecular weight is 288 g/mol. The lowest BCUT2D eigenvalue weighted by molar-refractivity contribution is 0.0463. The molecule has 0 bridgehead atoms. The Kier molecular flexibility index (Phi) is 4.98. The number of hydrogen-bond acceptors (Lipinski definition) is 4. The SMILES string of the molecule is CCCc1cc(C(=O)OCc2cc(C)ccc2OC)n[nH]1. The van der Waals surface area contributed by atoms with Crippen molar-refractivity contribution < 1.29 is 14.3 Å². The minimum atomic E-state index is -0.433. The Balaban J connectivity index is 2.01. The minimum Gasteiger partial charge on any atom is -0.496 e. The molecule has 1 N–H and O–H groups in total. The van der Waals surface area contributed by atoms with Crippen molar-refractivity contribution in [1.29, 1.82) is 0 Å². The van der Waals surface area contributed by atoms with Gasteiger partial charge in [-0.15, -0.1) is 0 Å². The van der Waals surface area contributed by atoms with Gasteiger partial charge in [-0.3, -0.25) is 5.10 Å². The van der Waals surface area contributed by atoms with Crippen LogP contribution in [0, 0.1) is 6.92 Å². The van der Waals surface area contributed by atoms with Crippen LogP contribution in [0.1, 0.15) is 40.7 Å². The first-order valence-corrected chi connectivity index (χ1v) is 6.99. The van der Waals surface area contributed by atoms with Gasteiger partial charge in [0.05, 0.1) is 7.11 Å². The molecule has 0 unspecified atom stereocenters. The van der Waals surface area contributed by atoms with Crippen LogP contribution < -0.4 is 4.74 Å². The van der Waals surface area contributed by atoms with E-state index in [1.54, 1.807) is 13.2 Å². The highest BCUT2D eigenvalue weighted by atomic mass is 16.5. The van der Waals surface area contributed by atoms with Gasteiger partial charge >= 0.3 is 5.97 Å². The molecule has 5 heteroatoms. The average Bonchev–Trinajstić information content (AvgIpc) is 2.94. The molecule has 5 nitrogen and oxygen atoms in total. The van der Waals surface area contributed by atoms with Crippen LogP contribution in [-0.2, 0) is 17.8 Å². The summed E-state index contributed by atoms with van der Waals surface area (Å²) in [6.45, 7) is 4.22. The maximum absolute atomic E-state index is 12.0. The molecule has 0 aliphatic heterocycles. The third-order valence-electron chi connectivity index (χ3n) is 3.15. The summed E-state index contributed by atoms with van der Waals surface area (Å²) < 4.78 is 10.6. The number of rotatable bonds is 6. The van der Waals surface area contributed by atoms with Crippen molar-refractivity contribution >= 4 is 5.97 Å². The number of aromatic amines is 1. The molecule has 0 aliphatic rings. The third-order valence-corrected chi connectivity index (χ3v) is 3.15. The van der Waals surface area contributed by atoms with Gasteiger partial charge in [0.2, 0.25) is 0 Å². The van der Waals surface area contributed by atoms with Crippen molar-refractivity contribution in [3.8, 4) is 5.75 Å². The van der Waals surface area contributed by atoms with E-state index in [1.807, 2.05) is 25.1 Å². The molecule has 21 heavy (non-hydrogen) atoms. The van der Waals surface area contributed by atoms with Crippen LogP contribution >= 0.6 is 0 Å². The number of ether oxygens (including phenoxy) is 2. The summed E-state index contributed by atoms with van der Waals surface area (Å²) in [4.78, 5) is 12.0. The Bertz CT molecular complexity index is 620. The smallest absolute Gasteiger partial charge is 0.359 e. The summed E-state index contributed by atoms with van der Waals surface area (Å²) in [6, 6.07) is 7.50. The number of nitrogens with zero attached hydrogens (tertiary/aromatic N) is 1. The fraction of sp³-hybridized carbons (Fsp3) is 0.375. The van der Waals surface area contributed by atoms with E-state index >= 15 is 0 Å². The topological polar surface area (TPSA) is 64.2 Å². The van der Waals surface area contributed by atoms with Gasteiger partial charge in [0.15, 0.2) is 5.69 Å². The second-order valence-electron chi connectivity index (χ2n) is 4.92. The summed E-state index contributed by atoms with van der Waals surface area (Å²) in [5, 5.41) is 6.82. The highest BCUT2D eigenvalue weighted by molar-refractivity contribution is 5.87. The predicted octanol–water partition coefficient (Wildman–Crippen LogP) is 3.04. The van der Waals surface area contributed by atoms with E-state index in [1.165, 1.54) is 0 Å². The number of H-pyrrole nitrogens is 1. The minimum absolute atomic E-state index is 0.166. The maximum Gasteiger partial charge on any atom is 0.359 e. The van der Waals surface area contributed by atoms with E-state index in [2.05, 4.69) is 17.1 Å². The summed E-state index contributed by atoms with van der Waals surface area (Å²) >= 11 is 0. The van der Waals surface area contributed by atoms with E-state index in [0.29, 0.717) is 11.4 Å². The first-order chi connectivity index (χ1) is 10.1. The fourth-order valence-corrected chi connectivity index (χ4v) is 2.10. The standard InChI is InChI=1S/C16H20N2O3/c1-4-5-13-9-14(18-17-13)16(19)21-10-12-8-11(2)6-7-15(12)20-3/h6-9H,4-5,10H2,1-3H3,(H,17,18). The number of carbonyl (C=O) groups excluding carboxylic acids is 1. The molecule has 2 rings (SSSR count). The van der Waals surface area contributed by atoms with Crippen molar-refractivity contribution in [2.45, 2.75) is 33.3 Å². The van der Waals surface area contributed by atoms with Crippen LogP contribution in [0.4, 0.5) is 0 Å². The second-order valence-corrected chi connectivity index (χ2v) is 4.92. The molecule has 0 fully saturated rings. The molecular weight excluding hydrogens is 268 g/mol. The van der Waals surface area contributed by atoms with Gasteiger partial charge in [0.1, 0.15) is 12.4 Å². The van der Waals surface area contributed by atoms with Crippen molar-refractivity contribution in [2.24, 2.45) is 0 Å². The lowest BCUT2D eigenvalue weighted by atomic mass is 10.1. The van der Waals surface area contributed by atoms with Crippen LogP contribution in [0.15, 0.2) is 24.3 Å². The number of benzene rings is 1. The Morgan fingerprint density at radius 2 is 2.14 bits per heavy atom. The highest BCUT2D eigenvalue weighted by Crippen LogP contribution is 2.20. The van der Waals surface area contributed by atoms with Crippen LogP contribution in [0.2, 0.25) is 0 Å². The molecule has 0 amide bonds. The highest BCUT2D eigenvalue weighted by Gasteiger charge is 2.13. The van der Waals surface area contributed by atoms with Gasteiger partial charge in [-0.2, -0.15) is 5.10 Å². The van der Waals surface area contributed by atoms with Gasteiger partial charge in [0.25, 0.3) is 0 Å². The third kappa shape index (κ3) is 3.84. The number of esters is 1. The Hall–Kier alpha value is -2.30. The first kappa shape index (κ1) is 15.1. The Morgan fingerprint density at radius 1 is 1.33 bits per heavy atom. The van der Waals surface area contributed by atoms with Crippen molar-refractivity contribution in [1.82, 2.24) is 10.2 Å². The van der Waals surface area contributed by atoms with Crippen molar-refractivity contribution in [3.05, 3.63) is 46.8 Å². The number of aromatic nitrogens is 2. The molecule has 2 aromatic rings. The molecule has 1 aromatic carbocycles. The molecule has 0 radical (unpaired) electrons. The normalized spacial score (nSPS) is 10.4. The van der Waals surface area contributed by atoms with E-state index in [9.17, 15) is 4.79 Å². The monoisotopic (exact) mass is 288 g/mol. The Labute approximate surface area is 124 Å². The number of nitrogens with one attached hydrogen (secondary N) is 1. The fourth-order valence-electron chi connectivity index (χ4n) is 2.10. The molecular formula is C16H20N2O3. The molecule has 1 heterocycles. The number of aryl methyl sites for hydroxylation is 2. The van der Waals surface area contributed by atoms with E-state index < -0.39 is 5.97 Å². The van der Waals surface area contributed by atoms with Crippen LogP contribution in [0.3, 0.4) is 0 Å². The predicted molar refractivity (Wildman–Crippen MR) is 79.4 cm³/mol. The molecule has 1 aromatic heterocycles. The quantitative estimate of drug-likeness (QED) is 0.830. The second kappa shape index (κ2) is 6.92. The zero-order valence-electron chi connectivity index (χ0n) is 12.6. The summed E-state index contributed by atoms with van der Waals surface area (Å²) in [6.07, 6.45) is 1.86. The van der Waals surface area contributed by atoms with Gasteiger partial charge in [-0.1, -0.05) is 25.0 Å². The van der Waals surface area contributed by atoms with Gasteiger partial charge in [-0.25, -0.2) is 4.79 Å². The zero-order valence-corrected chi connectivity index (χ0v) is 12.6. The van der Waals surface area contributed by atoms with Crippen molar-refractivity contribution in [3.63, 3.8) is 0 Å². The van der Waals surface area contributed by atoms with Gasteiger partial charge in [-0.05, 0) is 31.5 Å². The molecule has 112 valence electrons. The number of hydrogen-bond donors (Lipinski definition) is 1. The molecule has 0 aliphatic carbocycles. The number of carbonyl (C=O) groups is 1. The Morgan fingerprint density at radius 3 is 2.86 bits per heavy atom. The summed E-state index contributed by atoms with van der Waals surface area (Å²) in [5.74, 6) is 0.277. The summed E-state index contributed by atoms with van der Waals surface area (Å²) in [5.41, 5.74) is 3.18. The summed E-state index contributed by atoms with van der Waals surface area (Å²) in [7, 11) is 1.60. The van der Waals surface area contributed by atoms with Crippen LogP contribution in [0.25, 0.3) is 0 Å². The number of methoxy groups -OCH3 is 1. The van der Waals surface area contributed by atoms with E-state index in [0.717, 1.165) is 29.7 Å². The van der Waals surface area contributed by atoms with Crippen LogP contribution in [-0.4, -0.2) is 23.3 Å². The van der Waals surface area contributed by atoms with Crippen molar-refractivity contribution in [2.75, 3.05) is 7.11 Å². The van der Waals surface area contributed by atoms with Crippen LogP contribution in [0.5, 0.6) is 5.75 Å². The lowest BCUT2D eigenvalue weighted by Crippen LogP contribution is -2.06. The largest absolute Gasteiger partial charge is 0.496 e. The molecule has 0 saturated carbocycles. The lowest BCUT2D eigenvalue weighted by Gasteiger charge is -2.09. The van der Waals surface area contributed by atoms with E-state index in [-0.39, 0.29) is 6.61 Å². The van der Waals surface area contributed by atoms with E-state index in [4.69, 9.17) is 9.47 Å². The first-order valence-electron chi connectivity index (χ1n) is 6.99. The molecule has 0 atom stereocenters. The maximum atomic E-state index is 12.0. The van der Waals surface area contributed by atoms with Gasteiger partial charge < -0.3 is 9.47 Å².